The molecule has 2 nitrogen and oxygen atoms in total. The number of halogens is 2. The molecule has 0 bridgehead atoms. The van der Waals surface area contributed by atoms with Gasteiger partial charge in [-0.2, -0.15) is 11.8 Å². The molecular formula is C14H17BrFNOS. The number of nitrogens with one attached hydrogen (secondary N) is 1. The minimum atomic E-state index is -0.390. The molecule has 2 unspecified atom stereocenters. The molecule has 0 radical (unpaired) electrons. The SMILES string of the molecule is CCSC1CCC(NC(=O)c2cc(F)ccc2Br)C1. The Morgan fingerprint density at radius 2 is 2.32 bits per heavy atom. The van der Waals surface area contributed by atoms with E-state index in [-0.39, 0.29) is 17.8 Å². The number of thioether (sulfide) groups is 1. The van der Waals surface area contributed by atoms with Gasteiger partial charge in [-0.15, -0.1) is 0 Å². The maximum Gasteiger partial charge on any atom is 0.252 e. The van der Waals surface area contributed by atoms with E-state index in [1.54, 1.807) is 6.07 Å². The van der Waals surface area contributed by atoms with Crippen LogP contribution in [-0.2, 0) is 0 Å². The molecule has 1 aliphatic rings. The van der Waals surface area contributed by atoms with Gasteiger partial charge in [0, 0.05) is 15.8 Å². The Kier molecular flexibility index (Phi) is 5.28. The quantitative estimate of drug-likeness (QED) is 0.893. The summed E-state index contributed by atoms with van der Waals surface area (Å²) in [6.07, 6.45) is 3.17. The maximum atomic E-state index is 13.2. The first-order valence-electron chi connectivity index (χ1n) is 6.47. The Morgan fingerprint density at radius 1 is 1.53 bits per heavy atom. The number of carbonyl (C=O) groups is 1. The average molecular weight is 346 g/mol. The Hall–Kier alpha value is -0.550. The summed E-state index contributed by atoms with van der Waals surface area (Å²) in [6, 6.07) is 4.39. The lowest BCUT2D eigenvalue weighted by atomic mass is 10.2. The van der Waals surface area contributed by atoms with Crippen LogP contribution in [0.15, 0.2) is 22.7 Å². The van der Waals surface area contributed by atoms with E-state index in [2.05, 4.69) is 28.2 Å². The lowest BCUT2D eigenvalue weighted by molar-refractivity contribution is 0.0936. The van der Waals surface area contributed by atoms with Gasteiger partial charge in [-0.05, 0) is 59.1 Å². The first-order chi connectivity index (χ1) is 9.10. The Morgan fingerprint density at radius 3 is 3.05 bits per heavy atom. The largest absolute Gasteiger partial charge is 0.349 e. The molecule has 0 aromatic heterocycles. The zero-order valence-corrected chi connectivity index (χ0v) is 13.2. The molecule has 1 aliphatic carbocycles. The highest BCUT2D eigenvalue weighted by molar-refractivity contribution is 9.10. The van der Waals surface area contributed by atoms with Gasteiger partial charge in [0.15, 0.2) is 0 Å². The highest BCUT2D eigenvalue weighted by Crippen LogP contribution is 2.30. The Labute approximate surface area is 125 Å². The van der Waals surface area contributed by atoms with Gasteiger partial charge in [0.2, 0.25) is 0 Å². The molecule has 1 aromatic carbocycles. The van der Waals surface area contributed by atoms with E-state index in [4.69, 9.17) is 0 Å². The van der Waals surface area contributed by atoms with Crippen molar-refractivity contribution in [3.63, 3.8) is 0 Å². The van der Waals surface area contributed by atoms with Crippen molar-refractivity contribution in [2.75, 3.05) is 5.75 Å². The zero-order chi connectivity index (χ0) is 13.8. The van der Waals surface area contributed by atoms with E-state index < -0.39 is 0 Å². The summed E-state index contributed by atoms with van der Waals surface area (Å²) >= 11 is 5.24. The standard InChI is InChI=1S/C14H17BrFNOS/c1-2-19-11-5-4-10(8-11)17-14(18)12-7-9(16)3-6-13(12)15/h3,6-7,10-11H,2,4-5,8H2,1H3,(H,17,18). The normalized spacial score (nSPS) is 22.5. The maximum absolute atomic E-state index is 13.2. The third-order valence-electron chi connectivity index (χ3n) is 3.30. The van der Waals surface area contributed by atoms with Crippen LogP contribution in [0.5, 0.6) is 0 Å². The summed E-state index contributed by atoms with van der Waals surface area (Å²) in [6.45, 7) is 2.15. The van der Waals surface area contributed by atoms with Gasteiger partial charge < -0.3 is 5.32 Å². The number of rotatable bonds is 4. The molecule has 1 aromatic rings. The summed E-state index contributed by atoms with van der Waals surface area (Å²) < 4.78 is 13.8. The van der Waals surface area contributed by atoms with Crippen molar-refractivity contribution in [3.8, 4) is 0 Å². The molecule has 0 heterocycles. The predicted molar refractivity (Wildman–Crippen MR) is 81.1 cm³/mol. The van der Waals surface area contributed by atoms with Crippen molar-refractivity contribution >= 4 is 33.6 Å². The second kappa shape index (κ2) is 6.75. The van der Waals surface area contributed by atoms with Gasteiger partial charge >= 0.3 is 0 Å². The van der Waals surface area contributed by atoms with Crippen molar-refractivity contribution in [1.29, 1.82) is 0 Å². The van der Waals surface area contributed by atoms with E-state index in [0.29, 0.717) is 15.3 Å². The highest BCUT2D eigenvalue weighted by Gasteiger charge is 2.26. The number of benzene rings is 1. The van der Waals surface area contributed by atoms with Crippen LogP contribution in [0.25, 0.3) is 0 Å². The molecule has 2 rings (SSSR count). The van der Waals surface area contributed by atoms with Crippen LogP contribution in [0, 0.1) is 5.82 Å². The fourth-order valence-corrected chi connectivity index (χ4v) is 3.96. The van der Waals surface area contributed by atoms with Crippen LogP contribution in [-0.4, -0.2) is 23.0 Å². The summed E-state index contributed by atoms with van der Waals surface area (Å²) in [4.78, 5) is 12.1. The highest BCUT2D eigenvalue weighted by atomic mass is 79.9. The second-order valence-electron chi connectivity index (χ2n) is 4.68. The van der Waals surface area contributed by atoms with Gasteiger partial charge in [0.25, 0.3) is 5.91 Å². The van der Waals surface area contributed by atoms with Gasteiger partial charge in [0.05, 0.1) is 5.56 Å². The number of amides is 1. The smallest absolute Gasteiger partial charge is 0.252 e. The summed E-state index contributed by atoms with van der Waals surface area (Å²) in [5.74, 6) is 0.526. The molecule has 1 N–H and O–H groups in total. The summed E-state index contributed by atoms with van der Waals surface area (Å²) in [7, 11) is 0. The third-order valence-corrected chi connectivity index (χ3v) is 5.22. The summed E-state index contributed by atoms with van der Waals surface area (Å²) in [5.41, 5.74) is 0.367. The van der Waals surface area contributed by atoms with E-state index in [0.717, 1.165) is 25.0 Å². The van der Waals surface area contributed by atoms with Crippen molar-refractivity contribution in [2.45, 2.75) is 37.5 Å². The van der Waals surface area contributed by atoms with Gasteiger partial charge in [0.1, 0.15) is 5.82 Å². The Balaban J connectivity index is 1.96. The van der Waals surface area contributed by atoms with Crippen molar-refractivity contribution in [1.82, 2.24) is 5.32 Å². The molecule has 2 atom stereocenters. The lowest BCUT2D eigenvalue weighted by Gasteiger charge is -2.14. The number of hydrogen-bond acceptors (Lipinski definition) is 2. The van der Waals surface area contributed by atoms with Crippen molar-refractivity contribution in [3.05, 3.63) is 34.1 Å². The van der Waals surface area contributed by atoms with Crippen LogP contribution in [0.4, 0.5) is 4.39 Å². The molecule has 104 valence electrons. The Bertz CT molecular complexity index is 469. The van der Waals surface area contributed by atoms with E-state index in [1.165, 1.54) is 12.1 Å². The minimum absolute atomic E-state index is 0.196. The second-order valence-corrected chi connectivity index (χ2v) is 7.12. The van der Waals surface area contributed by atoms with Gasteiger partial charge in [-0.3, -0.25) is 4.79 Å². The molecule has 0 aliphatic heterocycles. The molecule has 0 saturated heterocycles. The van der Waals surface area contributed by atoms with Crippen LogP contribution in [0.1, 0.15) is 36.5 Å². The first-order valence-corrected chi connectivity index (χ1v) is 8.32. The first kappa shape index (κ1) is 14.9. The summed E-state index contributed by atoms with van der Waals surface area (Å²) in [5, 5.41) is 3.65. The molecule has 1 saturated carbocycles. The zero-order valence-electron chi connectivity index (χ0n) is 10.8. The van der Waals surface area contributed by atoms with Crippen LogP contribution in [0.2, 0.25) is 0 Å². The third kappa shape index (κ3) is 3.96. The van der Waals surface area contributed by atoms with E-state index in [9.17, 15) is 9.18 Å². The number of carbonyl (C=O) groups excluding carboxylic acids is 1. The average Bonchev–Trinajstić information content (AvgIpc) is 2.80. The fraction of sp³-hybridized carbons (Fsp3) is 0.500. The van der Waals surface area contributed by atoms with E-state index in [1.807, 2.05) is 11.8 Å². The fourth-order valence-electron chi connectivity index (χ4n) is 2.39. The number of hydrogen-bond donors (Lipinski definition) is 1. The lowest BCUT2D eigenvalue weighted by Crippen LogP contribution is -2.33. The van der Waals surface area contributed by atoms with Crippen LogP contribution in [0.3, 0.4) is 0 Å². The van der Waals surface area contributed by atoms with Gasteiger partial charge in [-0.1, -0.05) is 6.92 Å². The molecular weight excluding hydrogens is 329 g/mol. The molecule has 1 amide bonds. The molecule has 0 spiro atoms. The minimum Gasteiger partial charge on any atom is -0.349 e. The van der Waals surface area contributed by atoms with Crippen LogP contribution < -0.4 is 5.32 Å². The van der Waals surface area contributed by atoms with Crippen LogP contribution >= 0.6 is 27.7 Å². The predicted octanol–water partition coefficient (Wildman–Crippen LogP) is 3.99. The monoisotopic (exact) mass is 345 g/mol. The van der Waals surface area contributed by atoms with Gasteiger partial charge in [-0.25, -0.2) is 4.39 Å². The van der Waals surface area contributed by atoms with Crippen molar-refractivity contribution < 1.29 is 9.18 Å². The van der Waals surface area contributed by atoms with E-state index >= 15 is 0 Å². The molecule has 5 heteroatoms. The van der Waals surface area contributed by atoms with Crippen molar-refractivity contribution in [2.24, 2.45) is 0 Å². The molecule has 1 fully saturated rings. The topological polar surface area (TPSA) is 29.1 Å². The molecule has 19 heavy (non-hydrogen) atoms.